The number of rotatable bonds is 11. The molecule has 3 nitrogen and oxygen atoms in total. The lowest BCUT2D eigenvalue weighted by Gasteiger charge is -2.40. The third-order valence-corrected chi connectivity index (χ3v) is 4.53. The lowest BCUT2D eigenvalue weighted by Crippen LogP contribution is -2.51. The van der Waals surface area contributed by atoms with Gasteiger partial charge in [-0.05, 0) is 37.6 Å². The highest BCUT2D eigenvalue weighted by Crippen LogP contribution is 2.24. The van der Waals surface area contributed by atoms with E-state index in [1.807, 2.05) is 12.4 Å². The van der Waals surface area contributed by atoms with Crippen LogP contribution >= 0.6 is 0 Å². The largest absolute Gasteiger partial charge is 0.329 e. The molecule has 3 heteroatoms. The zero-order valence-electron chi connectivity index (χ0n) is 14.1. The molecular weight excluding hydrogens is 258 g/mol. The van der Waals surface area contributed by atoms with Crippen molar-refractivity contribution in [1.29, 1.82) is 0 Å². The van der Waals surface area contributed by atoms with Gasteiger partial charge in [-0.1, -0.05) is 46.0 Å². The summed E-state index contributed by atoms with van der Waals surface area (Å²) in [4.78, 5) is 6.61. The van der Waals surface area contributed by atoms with Gasteiger partial charge in [0.2, 0.25) is 0 Å². The quantitative estimate of drug-likeness (QED) is 0.627. The fraction of sp³-hybridized carbons (Fsp3) is 0.722. The van der Waals surface area contributed by atoms with Gasteiger partial charge in [0.1, 0.15) is 0 Å². The van der Waals surface area contributed by atoms with E-state index in [1.165, 1.54) is 44.1 Å². The smallest absolute Gasteiger partial charge is 0.0307 e. The minimum atomic E-state index is 0.101. The number of unbranched alkanes of at least 4 members (excludes halogenated alkanes) is 4. The summed E-state index contributed by atoms with van der Waals surface area (Å²) in [5.74, 6) is 0. The number of likely N-dealkylation sites (N-methyl/N-ethyl adjacent to an activating group) is 1. The Bertz CT molecular complexity index is 366. The maximum atomic E-state index is 6.12. The fourth-order valence-corrected chi connectivity index (χ4v) is 2.89. The summed E-state index contributed by atoms with van der Waals surface area (Å²) in [7, 11) is 0. The zero-order chi connectivity index (χ0) is 15.6. The Labute approximate surface area is 130 Å². The van der Waals surface area contributed by atoms with Crippen LogP contribution in [-0.2, 0) is 6.54 Å². The van der Waals surface area contributed by atoms with Crippen LogP contribution in [0.5, 0.6) is 0 Å². The summed E-state index contributed by atoms with van der Waals surface area (Å²) >= 11 is 0. The molecule has 0 radical (unpaired) electrons. The Morgan fingerprint density at radius 3 is 2.33 bits per heavy atom. The molecule has 1 unspecified atom stereocenters. The first-order valence-corrected chi connectivity index (χ1v) is 8.50. The SMILES string of the molecule is CCCCCCCC(C)(CN)N(CC)Cc1ccncc1. The molecule has 0 aliphatic rings. The summed E-state index contributed by atoms with van der Waals surface area (Å²) in [5.41, 5.74) is 7.54. The second kappa shape index (κ2) is 9.91. The van der Waals surface area contributed by atoms with Crippen LogP contribution in [0.1, 0.15) is 64.9 Å². The molecule has 0 aliphatic carbocycles. The van der Waals surface area contributed by atoms with Crippen molar-refractivity contribution in [1.82, 2.24) is 9.88 Å². The third-order valence-electron chi connectivity index (χ3n) is 4.53. The average Bonchev–Trinajstić information content (AvgIpc) is 2.53. The summed E-state index contributed by atoms with van der Waals surface area (Å²) in [5, 5.41) is 0. The topological polar surface area (TPSA) is 42.1 Å². The van der Waals surface area contributed by atoms with Crippen molar-refractivity contribution in [2.75, 3.05) is 13.1 Å². The van der Waals surface area contributed by atoms with E-state index >= 15 is 0 Å². The lowest BCUT2D eigenvalue weighted by molar-refractivity contribution is 0.0964. The van der Waals surface area contributed by atoms with Crippen molar-refractivity contribution in [2.45, 2.75) is 71.4 Å². The monoisotopic (exact) mass is 291 g/mol. The Hall–Kier alpha value is -0.930. The van der Waals surface area contributed by atoms with Crippen LogP contribution < -0.4 is 5.73 Å². The molecule has 21 heavy (non-hydrogen) atoms. The molecule has 0 bridgehead atoms. The van der Waals surface area contributed by atoms with Gasteiger partial charge in [0.15, 0.2) is 0 Å². The van der Waals surface area contributed by atoms with Crippen LogP contribution in [0.3, 0.4) is 0 Å². The van der Waals surface area contributed by atoms with Gasteiger partial charge in [0, 0.05) is 31.0 Å². The van der Waals surface area contributed by atoms with E-state index in [0.717, 1.165) is 19.6 Å². The Morgan fingerprint density at radius 1 is 1.10 bits per heavy atom. The van der Waals surface area contributed by atoms with Gasteiger partial charge in [-0.15, -0.1) is 0 Å². The standard InChI is InChI=1S/C18H33N3/c1-4-6-7-8-9-12-18(3,16-19)21(5-2)15-17-10-13-20-14-11-17/h10-11,13-14H,4-9,12,15-16,19H2,1-3H3. The number of aromatic nitrogens is 1. The molecule has 0 saturated heterocycles. The summed E-state index contributed by atoms with van der Waals surface area (Å²) in [6, 6.07) is 4.20. The molecule has 1 rings (SSSR count). The molecule has 2 N–H and O–H groups in total. The van der Waals surface area contributed by atoms with Crippen LogP contribution in [0.15, 0.2) is 24.5 Å². The summed E-state index contributed by atoms with van der Waals surface area (Å²) in [6.07, 6.45) is 11.5. The first-order valence-electron chi connectivity index (χ1n) is 8.50. The van der Waals surface area contributed by atoms with Crippen molar-refractivity contribution < 1.29 is 0 Å². The maximum absolute atomic E-state index is 6.12. The molecule has 0 spiro atoms. The van der Waals surface area contributed by atoms with E-state index in [9.17, 15) is 0 Å². The Kier molecular flexibility index (Phi) is 8.55. The second-order valence-corrected chi connectivity index (χ2v) is 6.23. The maximum Gasteiger partial charge on any atom is 0.0307 e. The molecule has 1 atom stereocenters. The highest BCUT2D eigenvalue weighted by molar-refractivity contribution is 5.10. The average molecular weight is 291 g/mol. The first kappa shape index (κ1) is 18.1. The summed E-state index contributed by atoms with van der Waals surface area (Å²) in [6.45, 7) is 9.52. The number of nitrogens with zero attached hydrogens (tertiary/aromatic N) is 2. The van der Waals surface area contributed by atoms with Crippen LogP contribution in [0.2, 0.25) is 0 Å². The highest BCUT2D eigenvalue weighted by atomic mass is 15.2. The molecule has 1 aromatic rings. The van der Waals surface area contributed by atoms with E-state index < -0.39 is 0 Å². The molecule has 0 saturated carbocycles. The molecule has 0 aliphatic heterocycles. The predicted octanol–water partition coefficient (Wildman–Crippen LogP) is 3.98. The van der Waals surface area contributed by atoms with Crippen LogP contribution in [-0.4, -0.2) is 28.5 Å². The number of hydrogen-bond donors (Lipinski definition) is 1. The normalized spacial score (nSPS) is 14.3. The van der Waals surface area contributed by atoms with E-state index in [0.29, 0.717) is 0 Å². The molecule has 1 aromatic heterocycles. The molecule has 0 amide bonds. The Morgan fingerprint density at radius 2 is 1.76 bits per heavy atom. The first-order chi connectivity index (χ1) is 10.2. The van der Waals surface area contributed by atoms with E-state index in [2.05, 4.69) is 42.8 Å². The number of nitrogens with two attached hydrogens (primary N) is 1. The van der Waals surface area contributed by atoms with Gasteiger partial charge in [0.05, 0.1) is 0 Å². The third kappa shape index (κ3) is 6.15. The van der Waals surface area contributed by atoms with Gasteiger partial charge >= 0.3 is 0 Å². The molecule has 1 heterocycles. The van der Waals surface area contributed by atoms with Crippen molar-refractivity contribution in [3.8, 4) is 0 Å². The molecular formula is C18H33N3. The minimum Gasteiger partial charge on any atom is -0.329 e. The van der Waals surface area contributed by atoms with E-state index in [-0.39, 0.29) is 5.54 Å². The number of hydrogen-bond acceptors (Lipinski definition) is 3. The van der Waals surface area contributed by atoms with E-state index in [4.69, 9.17) is 5.73 Å². The van der Waals surface area contributed by atoms with Crippen LogP contribution in [0.4, 0.5) is 0 Å². The van der Waals surface area contributed by atoms with Crippen molar-refractivity contribution in [3.63, 3.8) is 0 Å². The second-order valence-electron chi connectivity index (χ2n) is 6.23. The van der Waals surface area contributed by atoms with E-state index in [1.54, 1.807) is 0 Å². The van der Waals surface area contributed by atoms with Gasteiger partial charge in [-0.25, -0.2) is 0 Å². The minimum absolute atomic E-state index is 0.101. The van der Waals surface area contributed by atoms with Gasteiger partial charge in [-0.3, -0.25) is 9.88 Å². The Balaban J connectivity index is 2.56. The lowest BCUT2D eigenvalue weighted by atomic mass is 9.91. The zero-order valence-corrected chi connectivity index (χ0v) is 14.1. The van der Waals surface area contributed by atoms with Crippen molar-refractivity contribution >= 4 is 0 Å². The van der Waals surface area contributed by atoms with Crippen LogP contribution in [0.25, 0.3) is 0 Å². The highest BCUT2D eigenvalue weighted by Gasteiger charge is 2.28. The van der Waals surface area contributed by atoms with Crippen molar-refractivity contribution in [2.24, 2.45) is 5.73 Å². The summed E-state index contributed by atoms with van der Waals surface area (Å²) < 4.78 is 0. The molecule has 0 aromatic carbocycles. The van der Waals surface area contributed by atoms with Gasteiger partial charge in [0.25, 0.3) is 0 Å². The molecule has 0 fully saturated rings. The molecule has 120 valence electrons. The fourth-order valence-electron chi connectivity index (χ4n) is 2.89. The number of pyridine rings is 1. The predicted molar refractivity (Wildman–Crippen MR) is 91.2 cm³/mol. The van der Waals surface area contributed by atoms with Crippen LogP contribution in [0, 0.1) is 0 Å². The van der Waals surface area contributed by atoms with Gasteiger partial charge in [-0.2, -0.15) is 0 Å². The van der Waals surface area contributed by atoms with Gasteiger partial charge < -0.3 is 5.73 Å². The van der Waals surface area contributed by atoms with Crippen molar-refractivity contribution in [3.05, 3.63) is 30.1 Å².